The summed E-state index contributed by atoms with van der Waals surface area (Å²) in [5, 5.41) is 25.4. The lowest BCUT2D eigenvalue weighted by molar-refractivity contribution is -0.143. The number of nitrogens with one attached hydrogen (secondary N) is 3. The Kier molecular flexibility index (Phi) is 14.9. The number of carboxylic acids is 2. The smallest absolute Gasteiger partial charge is 0.326 e. The quantitative estimate of drug-likeness (QED) is 0.0935. The summed E-state index contributed by atoms with van der Waals surface area (Å²) >= 11 is 0. The van der Waals surface area contributed by atoms with Crippen molar-refractivity contribution in [2.24, 2.45) is 23.1 Å². The molecule has 0 aromatic heterocycles. The van der Waals surface area contributed by atoms with Crippen LogP contribution in [0.4, 0.5) is 0 Å². The van der Waals surface area contributed by atoms with Gasteiger partial charge in [-0.25, -0.2) is 4.79 Å². The van der Waals surface area contributed by atoms with Gasteiger partial charge in [0.1, 0.15) is 18.1 Å². The molecule has 0 aromatic carbocycles. The third-order valence-electron chi connectivity index (χ3n) is 5.17. The summed E-state index contributed by atoms with van der Waals surface area (Å²) in [7, 11) is 0. The van der Waals surface area contributed by atoms with E-state index in [1.165, 1.54) is 0 Å². The number of aliphatic carboxylic acids is 2. The van der Waals surface area contributed by atoms with Gasteiger partial charge < -0.3 is 43.4 Å². The third-order valence-corrected chi connectivity index (χ3v) is 5.17. The molecule has 35 heavy (non-hydrogen) atoms. The van der Waals surface area contributed by atoms with Gasteiger partial charge in [0.2, 0.25) is 23.6 Å². The highest BCUT2D eigenvalue weighted by atomic mass is 16.4. The number of carbonyl (C=O) groups is 6. The van der Waals surface area contributed by atoms with Crippen LogP contribution < -0.4 is 33.2 Å². The molecule has 0 aromatic rings. The van der Waals surface area contributed by atoms with Crippen LogP contribution in [0.15, 0.2) is 0 Å². The lowest BCUT2D eigenvalue weighted by atomic mass is 10.0. The Morgan fingerprint density at radius 2 is 1.23 bits per heavy atom. The number of amides is 4. The summed E-state index contributed by atoms with van der Waals surface area (Å²) in [6, 6.07) is -4.93. The fourth-order valence-corrected chi connectivity index (χ4v) is 2.96. The number of primary amides is 1. The molecule has 0 aliphatic heterocycles. The molecule has 11 N–H and O–H groups in total. The average molecular weight is 503 g/mol. The second kappa shape index (κ2) is 16.4. The average Bonchev–Trinajstić information content (AvgIpc) is 2.77. The second-order valence-electron chi connectivity index (χ2n) is 8.51. The molecule has 0 saturated heterocycles. The third kappa shape index (κ3) is 13.3. The van der Waals surface area contributed by atoms with Crippen molar-refractivity contribution >= 4 is 35.6 Å². The largest absolute Gasteiger partial charge is 0.481 e. The van der Waals surface area contributed by atoms with Crippen molar-refractivity contribution in [1.29, 1.82) is 0 Å². The van der Waals surface area contributed by atoms with Crippen molar-refractivity contribution in [1.82, 2.24) is 16.0 Å². The molecule has 14 heteroatoms. The van der Waals surface area contributed by atoms with Gasteiger partial charge in [0, 0.05) is 12.8 Å². The molecule has 4 atom stereocenters. The van der Waals surface area contributed by atoms with Crippen LogP contribution in [0.2, 0.25) is 0 Å². The fourth-order valence-electron chi connectivity index (χ4n) is 2.96. The van der Waals surface area contributed by atoms with Gasteiger partial charge in [0.05, 0.1) is 6.04 Å². The van der Waals surface area contributed by atoms with E-state index in [0.29, 0.717) is 19.4 Å². The maximum atomic E-state index is 12.9. The van der Waals surface area contributed by atoms with Crippen LogP contribution >= 0.6 is 0 Å². The van der Waals surface area contributed by atoms with E-state index in [2.05, 4.69) is 16.0 Å². The number of carbonyl (C=O) groups excluding carboxylic acids is 4. The maximum Gasteiger partial charge on any atom is 0.326 e. The molecular weight excluding hydrogens is 464 g/mol. The number of rotatable bonds is 18. The zero-order chi connectivity index (χ0) is 27.1. The molecule has 14 nitrogen and oxygen atoms in total. The van der Waals surface area contributed by atoms with Gasteiger partial charge in [-0.05, 0) is 44.6 Å². The molecule has 0 heterocycles. The topological polar surface area (TPSA) is 257 Å². The van der Waals surface area contributed by atoms with E-state index in [4.69, 9.17) is 22.3 Å². The van der Waals surface area contributed by atoms with Gasteiger partial charge in [0.15, 0.2) is 0 Å². The molecule has 4 amide bonds. The molecule has 4 unspecified atom stereocenters. The molecule has 0 aliphatic rings. The minimum atomic E-state index is -1.42. The van der Waals surface area contributed by atoms with E-state index in [1.54, 1.807) is 13.8 Å². The summed E-state index contributed by atoms with van der Waals surface area (Å²) in [4.78, 5) is 71.8. The number of carboxylic acid groups (broad SMARTS) is 2. The van der Waals surface area contributed by atoms with E-state index < -0.39 is 66.2 Å². The van der Waals surface area contributed by atoms with Gasteiger partial charge in [0.25, 0.3) is 0 Å². The Hall–Kier alpha value is -3.26. The predicted molar refractivity (Wildman–Crippen MR) is 124 cm³/mol. The Bertz CT molecular complexity index is 760. The highest BCUT2D eigenvalue weighted by Gasteiger charge is 2.31. The molecule has 0 radical (unpaired) electrons. The number of hydrogen-bond donors (Lipinski definition) is 8. The molecule has 0 saturated carbocycles. The fraction of sp³-hybridized carbons (Fsp3) is 0.714. The predicted octanol–water partition coefficient (Wildman–Crippen LogP) is -2.23. The Balaban J connectivity index is 5.59. The molecule has 0 fully saturated rings. The monoisotopic (exact) mass is 502 g/mol. The first-order valence-corrected chi connectivity index (χ1v) is 11.4. The highest BCUT2D eigenvalue weighted by Crippen LogP contribution is 2.07. The van der Waals surface area contributed by atoms with Gasteiger partial charge in [-0.2, -0.15) is 0 Å². The Morgan fingerprint density at radius 3 is 1.66 bits per heavy atom. The SMILES string of the molecule is CC(C)C(N)C(=O)NC(CCC(N)=O)C(=O)NC(CCC(=O)O)C(=O)NC(CCCCN)C(=O)O. The highest BCUT2D eigenvalue weighted by molar-refractivity contribution is 5.94. The van der Waals surface area contributed by atoms with Crippen molar-refractivity contribution in [3.8, 4) is 0 Å². The van der Waals surface area contributed by atoms with Crippen LogP contribution in [-0.2, 0) is 28.8 Å². The molecular formula is C21H38N6O8. The molecule has 0 aliphatic carbocycles. The molecule has 0 spiro atoms. The molecule has 0 rings (SSSR count). The van der Waals surface area contributed by atoms with Crippen LogP contribution in [0.25, 0.3) is 0 Å². The van der Waals surface area contributed by atoms with Crippen LogP contribution in [0.1, 0.15) is 58.8 Å². The van der Waals surface area contributed by atoms with E-state index in [1.807, 2.05) is 0 Å². The van der Waals surface area contributed by atoms with E-state index in [-0.39, 0.29) is 31.6 Å². The molecule has 0 bridgehead atoms. The van der Waals surface area contributed by atoms with Crippen molar-refractivity contribution in [3.63, 3.8) is 0 Å². The number of hydrogen-bond acceptors (Lipinski definition) is 8. The Morgan fingerprint density at radius 1 is 0.743 bits per heavy atom. The van der Waals surface area contributed by atoms with Crippen molar-refractivity contribution in [3.05, 3.63) is 0 Å². The lowest BCUT2D eigenvalue weighted by Crippen LogP contribution is -2.57. The first-order chi connectivity index (χ1) is 16.3. The van der Waals surface area contributed by atoms with Crippen molar-refractivity contribution < 1.29 is 39.0 Å². The lowest BCUT2D eigenvalue weighted by Gasteiger charge is -2.25. The van der Waals surface area contributed by atoms with E-state index in [9.17, 15) is 33.9 Å². The van der Waals surface area contributed by atoms with E-state index in [0.717, 1.165) is 0 Å². The molecule has 200 valence electrons. The maximum absolute atomic E-state index is 12.9. The normalized spacial score (nSPS) is 14.3. The minimum absolute atomic E-state index is 0.0856. The summed E-state index contributed by atoms with van der Waals surface area (Å²) in [6.07, 6.45) is -0.243. The summed E-state index contributed by atoms with van der Waals surface area (Å²) in [6.45, 7) is 3.74. The van der Waals surface area contributed by atoms with Crippen LogP contribution in [0.3, 0.4) is 0 Å². The van der Waals surface area contributed by atoms with Gasteiger partial charge >= 0.3 is 11.9 Å². The van der Waals surface area contributed by atoms with Gasteiger partial charge in [-0.1, -0.05) is 13.8 Å². The number of unbranched alkanes of at least 4 members (excludes halogenated alkanes) is 1. The summed E-state index contributed by atoms with van der Waals surface area (Å²) in [5.74, 6) is -5.97. The van der Waals surface area contributed by atoms with Crippen LogP contribution in [0, 0.1) is 5.92 Å². The van der Waals surface area contributed by atoms with Crippen molar-refractivity contribution in [2.45, 2.75) is 83.0 Å². The van der Waals surface area contributed by atoms with E-state index >= 15 is 0 Å². The summed E-state index contributed by atoms with van der Waals surface area (Å²) in [5.41, 5.74) is 16.3. The van der Waals surface area contributed by atoms with Crippen LogP contribution in [-0.4, -0.2) is 76.5 Å². The van der Waals surface area contributed by atoms with Crippen molar-refractivity contribution in [2.75, 3.05) is 6.54 Å². The van der Waals surface area contributed by atoms with Crippen LogP contribution in [0.5, 0.6) is 0 Å². The second-order valence-corrected chi connectivity index (χ2v) is 8.51. The zero-order valence-corrected chi connectivity index (χ0v) is 20.1. The zero-order valence-electron chi connectivity index (χ0n) is 20.1. The standard InChI is InChI=1S/C21H38N6O8/c1-11(2)17(24)20(33)26-12(6-8-15(23)28)18(31)25-13(7-9-16(29)30)19(32)27-14(21(34)35)5-3-4-10-22/h11-14,17H,3-10,22,24H2,1-2H3,(H2,23,28)(H,25,31)(H,26,33)(H,27,32)(H,29,30)(H,34,35). The number of nitrogens with two attached hydrogens (primary N) is 3. The van der Waals surface area contributed by atoms with Gasteiger partial charge in [-0.15, -0.1) is 0 Å². The Labute approximate surface area is 203 Å². The first kappa shape index (κ1) is 31.7. The first-order valence-electron chi connectivity index (χ1n) is 11.4. The van der Waals surface area contributed by atoms with Gasteiger partial charge in [-0.3, -0.25) is 24.0 Å². The summed E-state index contributed by atoms with van der Waals surface area (Å²) < 4.78 is 0. The minimum Gasteiger partial charge on any atom is -0.481 e.